The molecule has 0 spiro atoms. The van der Waals surface area contributed by atoms with Gasteiger partial charge in [0.1, 0.15) is 5.60 Å². The number of allylic oxidation sites excluding steroid dienone is 2. The molecular formula is C29H40N6O4. The summed E-state index contributed by atoms with van der Waals surface area (Å²) in [6.45, 7) is 11.5. The van der Waals surface area contributed by atoms with Crippen molar-refractivity contribution in [3.63, 3.8) is 0 Å². The Morgan fingerprint density at radius 1 is 1.15 bits per heavy atom. The number of aromatic nitrogens is 4. The van der Waals surface area contributed by atoms with Gasteiger partial charge >= 0.3 is 11.8 Å². The highest BCUT2D eigenvalue weighted by molar-refractivity contribution is 5.75. The van der Waals surface area contributed by atoms with Crippen molar-refractivity contribution < 1.29 is 9.53 Å². The molecule has 10 heteroatoms. The number of rotatable bonds is 7. The fourth-order valence-electron chi connectivity index (χ4n) is 4.88. The van der Waals surface area contributed by atoms with Crippen molar-refractivity contribution in [2.75, 3.05) is 18.0 Å². The number of alkyl carbamates (subject to hydrolysis) is 1. The largest absolute Gasteiger partial charge is 0.444 e. The van der Waals surface area contributed by atoms with E-state index in [-0.39, 0.29) is 23.8 Å². The predicted octanol–water partition coefficient (Wildman–Crippen LogP) is 3.60. The molecule has 1 saturated heterocycles. The smallest absolute Gasteiger partial charge is 0.407 e. The number of ether oxygens (including phenoxy) is 1. The van der Waals surface area contributed by atoms with Gasteiger partial charge in [0.2, 0.25) is 5.95 Å². The van der Waals surface area contributed by atoms with Gasteiger partial charge in [0.25, 0.3) is 5.56 Å². The lowest BCUT2D eigenvalue weighted by molar-refractivity contribution is 0.0499. The van der Waals surface area contributed by atoms with Crippen LogP contribution in [0.1, 0.15) is 53.0 Å². The van der Waals surface area contributed by atoms with E-state index in [1.807, 2.05) is 75.6 Å². The lowest BCUT2D eigenvalue weighted by Gasteiger charge is -2.34. The van der Waals surface area contributed by atoms with E-state index < -0.39 is 11.7 Å². The molecule has 1 aromatic carbocycles. The number of nitrogens with one attached hydrogen (secondary N) is 1. The van der Waals surface area contributed by atoms with Gasteiger partial charge in [0.05, 0.1) is 0 Å². The summed E-state index contributed by atoms with van der Waals surface area (Å²) in [6, 6.07) is 9.69. The fraction of sp³-hybridized carbons (Fsp3) is 0.517. The zero-order valence-corrected chi connectivity index (χ0v) is 23.9. The van der Waals surface area contributed by atoms with Gasteiger partial charge in [-0.15, -0.1) is 0 Å². The Labute approximate surface area is 228 Å². The topological polar surface area (TPSA) is 103 Å². The second-order valence-electron chi connectivity index (χ2n) is 11.4. The Bertz CT molecular complexity index is 1470. The summed E-state index contributed by atoms with van der Waals surface area (Å²) >= 11 is 0. The highest BCUT2D eigenvalue weighted by Crippen LogP contribution is 2.24. The minimum absolute atomic E-state index is 0.128. The average Bonchev–Trinajstić information content (AvgIpc) is 3.25. The molecule has 1 aliphatic heterocycles. The zero-order chi connectivity index (χ0) is 28.3. The fourth-order valence-corrected chi connectivity index (χ4v) is 4.88. The number of aryl methyl sites for hydroxylation is 2. The minimum atomic E-state index is -0.581. The maximum atomic E-state index is 13.8. The maximum Gasteiger partial charge on any atom is 0.407 e. The molecule has 1 amide bonds. The van der Waals surface area contributed by atoms with Crippen LogP contribution in [-0.4, -0.2) is 49.5 Å². The number of hydrogen-bond acceptors (Lipinski definition) is 6. The van der Waals surface area contributed by atoms with Gasteiger partial charge in [-0.25, -0.2) is 9.59 Å². The van der Waals surface area contributed by atoms with E-state index >= 15 is 0 Å². The first-order valence-corrected chi connectivity index (χ1v) is 13.6. The third kappa shape index (κ3) is 6.61. The first-order chi connectivity index (χ1) is 18.4. The molecule has 4 rings (SSSR count). The van der Waals surface area contributed by atoms with Gasteiger partial charge < -0.3 is 19.5 Å². The predicted molar refractivity (Wildman–Crippen MR) is 153 cm³/mol. The number of hydrogen-bond donors (Lipinski definition) is 1. The van der Waals surface area contributed by atoms with Crippen molar-refractivity contribution in [2.45, 2.75) is 78.6 Å². The number of amides is 1. The SMILES string of the molecule is CC(C)=CCn1c(N2CCC[C@@H](NC(=O)OC(C)(C)C)C2)nc2c1c(=O)n(CCc1ccccc1)c(=O)n2C. The lowest BCUT2D eigenvalue weighted by atomic mass is 10.1. The van der Waals surface area contributed by atoms with Gasteiger partial charge in [0.15, 0.2) is 11.2 Å². The molecule has 1 fully saturated rings. The summed E-state index contributed by atoms with van der Waals surface area (Å²) < 4.78 is 10.1. The van der Waals surface area contributed by atoms with E-state index in [9.17, 15) is 14.4 Å². The first-order valence-electron chi connectivity index (χ1n) is 13.6. The third-order valence-electron chi connectivity index (χ3n) is 6.79. The molecule has 0 aliphatic carbocycles. The number of imidazole rings is 1. The van der Waals surface area contributed by atoms with Crippen LogP contribution < -0.4 is 21.5 Å². The van der Waals surface area contributed by atoms with Gasteiger partial charge in [-0.3, -0.25) is 13.9 Å². The summed E-state index contributed by atoms with van der Waals surface area (Å²) in [7, 11) is 1.66. The van der Waals surface area contributed by atoms with Crippen LogP contribution in [0.2, 0.25) is 0 Å². The van der Waals surface area contributed by atoms with Crippen molar-refractivity contribution in [3.05, 3.63) is 68.4 Å². The Kier molecular flexibility index (Phi) is 8.32. The van der Waals surface area contributed by atoms with Gasteiger partial charge in [-0.2, -0.15) is 4.98 Å². The number of carbonyl (C=O) groups excluding carboxylic acids is 1. The molecular weight excluding hydrogens is 496 g/mol. The summed E-state index contributed by atoms with van der Waals surface area (Å²) in [5.74, 6) is 0.617. The van der Waals surface area contributed by atoms with E-state index in [1.54, 1.807) is 7.05 Å². The summed E-state index contributed by atoms with van der Waals surface area (Å²) in [5.41, 5.74) is 1.62. The molecule has 210 valence electrons. The van der Waals surface area contributed by atoms with Crippen molar-refractivity contribution in [3.8, 4) is 0 Å². The van der Waals surface area contributed by atoms with Crippen molar-refractivity contribution in [2.24, 2.45) is 7.05 Å². The van der Waals surface area contributed by atoms with E-state index in [4.69, 9.17) is 9.72 Å². The van der Waals surface area contributed by atoms with Crippen LogP contribution in [-0.2, 0) is 31.3 Å². The number of fused-ring (bicyclic) bond motifs is 1. The standard InChI is InChI=1S/C29H40N6O4/c1-20(2)14-17-34-23-24(32(6)28(38)35(25(23)36)18-15-21-11-8-7-9-12-21)31-26(34)33-16-10-13-22(19-33)30-27(37)39-29(3,4)5/h7-9,11-12,14,22H,10,13,15-19H2,1-6H3,(H,30,37)/t22-/m1/s1. The molecule has 1 aliphatic rings. The molecule has 3 heterocycles. The van der Waals surface area contributed by atoms with Crippen molar-refractivity contribution in [1.82, 2.24) is 24.0 Å². The molecule has 2 aromatic heterocycles. The molecule has 39 heavy (non-hydrogen) atoms. The van der Waals surface area contributed by atoms with E-state index in [0.717, 1.165) is 30.5 Å². The number of piperidine rings is 1. The minimum Gasteiger partial charge on any atom is -0.444 e. The Balaban J connectivity index is 1.72. The van der Waals surface area contributed by atoms with Crippen LogP contribution in [0.25, 0.3) is 11.2 Å². The van der Waals surface area contributed by atoms with Crippen LogP contribution in [0.5, 0.6) is 0 Å². The number of benzene rings is 1. The molecule has 10 nitrogen and oxygen atoms in total. The van der Waals surface area contributed by atoms with Crippen molar-refractivity contribution >= 4 is 23.2 Å². The van der Waals surface area contributed by atoms with Crippen LogP contribution in [0.3, 0.4) is 0 Å². The molecule has 0 radical (unpaired) electrons. The van der Waals surface area contributed by atoms with Crippen LogP contribution >= 0.6 is 0 Å². The molecule has 0 saturated carbocycles. The van der Waals surface area contributed by atoms with Crippen molar-refractivity contribution in [1.29, 1.82) is 0 Å². The lowest BCUT2D eigenvalue weighted by Crippen LogP contribution is -2.49. The number of nitrogens with zero attached hydrogens (tertiary/aromatic N) is 5. The Morgan fingerprint density at radius 3 is 2.54 bits per heavy atom. The van der Waals surface area contributed by atoms with Gasteiger partial charge in [-0.1, -0.05) is 42.0 Å². The van der Waals surface area contributed by atoms with Gasteiger partial charge in [0, 0.05) is 39.3 Å². The highest BCUT2D eigenvalue weighted by atomic mass is 16.6. The molecule has 1 N–H and O–H groups in total. The van der Waals surface area contributed by atoms with E-state index in [2.05, 4.69) is 10.2 Å². The number of anilines is 1. The molecule has 3 aromatic rings. The van der Waals surface area contributed by atoms with E-state index in [1.165, 1.54) is 9.13 Å². The molecule has 1 atom stereocenters. The summed E-state index contributed by atoms with van der Waals surface area (Å²) in [4.78, 5) is 46.4. The molecule has 0 bridgehead atoms. The second-order valence-corrected chi connectivity index (χ2v) is 11.4. The summed E-state index contributed by atoms with van der Waals surface area (Å²) in [5, 5.41) is 2.98. The number of carbonyl (C=O) groups is 1. The quantitative estimate of drug-likeness (QED) is 0.463. The van der Waals surface area contributed by atoms with Gasteiger partial charge in [-0.05, 0) is 59.4 Å². The van der Waals surface area contributed by atoms with Crippen LogP contribution in [0.4, 0.5) is 10.7 Å². The normalized spacial score (nSPS) is 15.8. The first kappa shape index (κ1) is 28.2. The summed E-state index contributed by atoms with van der Waals surface area (Å²) in [6.07, 6.45) is 3.82. The van der Waals surface area contributed by atoms with E-state index in [0.29, 0.717) is 36.6 Å². The third-order valence-corrected chi connectivity index (χ3v) is 6.79. The highest BCUT2D eigenvalue weighted by Gasteiger charge is 2.29. The average molecular weight is 537 g/mol. The van der Waals surface area contributed by atoms with Crippen LogP contribution in [0.15, 0.2) is 51.6 Å². The maximum absolute atomic E-state index is 13.8. The molecule has 0 unspecified atom stereocenters. The monoisotopic (exact) mass is 536 g/mol. The van der Waals surface area contributed by atoms with Crippen LogP contribution in [0, 0.1) is 0 Å². The Hall–Kier alpha value is -3.82. The zero-order valence-electron chi connectivity index (χ0n) is 23.9. The second kappa shape index (κ2) is 11.5. The Morgan fingerprint density at radius 2 is 1.87 bits per heavy atom.